The van der Waals surface area contributed by atoms with Crippen molar-refractivity contribution in [2.75, 3.05) is 0 Å². The summed E-state index contributed by atoms with van der Waals surface area (Å²) in [6, 6.07) is 6.18. The van der Waals surface area contributed by atoms with Crippen molar-refractivity contribution < 1.29 is 57.5 Å². The van der Waals surface area contributed by atoms with E-state index in [2.05, 4.69) is 39.9 Å². The van der Waals surface area contributed by atoms with Gasteiger partial charge in [0.05, 0.1) is 45.6 Å². The van der Waals surface area contributed by atoms with Gasteiger partial charge in [0.1, 0.15) is 23.3 Å². The first-order valence-electron chi connectivity index (χ1n) is 13.7. The van der Waals surface area contributed by atoms with Gasteiger partial charge in [0, 0.05) is 45.0 Å². The van der Waals surface area contributed by atoms with Gasteiger partial charge < -0.3 is 29.9 Å². The molecule has 9 rings (SSSR count). The van der Waals surface area contributed by atoms with Crippen LogP contribution >= 0.6 is 0 Å². The molecule has 0 N–H and O–H groups in total. The van der Waals surface area contributed by atoms with E-state index in [1.165, 1.54) is 0 Å². The van der Waals surface area contributed by atoms with Crippen LogP contribution in [0.3, 0.4) is 0 Å². The summed E-state index contributed by atoms with van der Waals surface area (Å²) in [6.07, 6.45) is 0. The predicted molar refractivity (Wildman–Crippen MR) is 154 cm³/mol. The second-order valence-corrected chi connectivity index (χ2v) is 10.7. The molecule has 5 heterocycles. The standard InChI is InChI=1S/C32H8F8N8.Ag/c33-13-1-2-14(34)22-21(13)29-43-25-9-5-17(37)18(38)6-10(9)27(41-25)45-31-23-15(35)3-4-16(36)24(23)32(48-31)46-28-12-8-20(40)19(39)7-11(12)26(42-28)44-30(22)47-29;/h1-8H;/q-2;. The first-order chi connectivity index (χ1) is 23.0. The Morgan fingerprint density at radius 2 is 0.551 bits per heavy atom. The smallest absolute Gasteiger partial charge is 0.159 e. The van der Waals surface area contributed by atoms with E-state index >= 15 is 17.6 Å². The fraction of sp³-hybridized carbons (Fsp3) is 0. The molecular formula is C32H8AgF8N8-2. The van der Waals surface area contributed by atoms with Crippen LogP contribution in [0.4, 0.5) is 35.1 Å². The van der Waals surface area contributed by atoms with Crippen LogP contribution in [0.1, 0.15) is 0 Å². The molecule has 0 unspecified atom stereocenters. The summed E-state index contributed by atoms with van der Waals surface area (Å²) in [6.45, 7) is 0. The van der Waals surface area contributed by atoms with Gasteiger partial charge in [0.15, 0.2) is 23.3 Å². The predicted octanol–water partition coefficient (Wildman–Crippen LogP) is 7.24. The number of benzene rings is 4. The molecular weight excluding hydrogens is 756 g/mol. The molecule has 2 aliphatic heterocycles. The van der Waals surface area contributed by atoms with Crippen LogP contribution < -0.4 is 9.97 Å². The van der Waals surface area contributed by atoms with Crippen molar-refractivity contribution in [2.24, 2.45) is 0 Å². The molecule has 0 saturated carbocycles. The molecule has 2 aliphatic rings. The Labute approximate surface area is 281 Å². The Kier molecular flexibility index (Phi) is 6.72. The molecule has 0 spiro atoms. The van der Waals surface area contributed by atoms with E-state index < -0.39 is 92.1 Å². The molecule has 0 saturated heterocycles. The molecule has 1 radical (unpaired) electrons. The summed E-state index contributed by atoms with van der Waals surface area (Å²) in [5, 5.41) is -0.606. The Morgan fingerprint density at radius 1 is 0.327 bits per heavy atom. The van der Waals surface area contributed by atoms with E-state index in [1.807, 2.05) is 0 Å². The average Bonchev–Trinajstić information content (AvgIpc) is 3.77. The minimum absolute atomic E-state index is 0. The number of hydrogen-bond acceptors (Lipinski definition) is 6. The molecule has 3 aromatic heterocycles. The van der Waals surface area contributed by atoms with Gasteiger partial charge in [-0.15, -0.1) is 0 Å². The zero-order valence-corrected chi connectivity index (χ0v) is 25.0. The SMILES string of the molecule is Fc1cc2c3nc4nc(nc5[n-]c(nc6nc(nc([n-]3)c2cc1F)-c1c(F)ccc(F)c1-6)c1cc(F)c(F)cc51)-c1c(F)ccc(F)c1-4.[Ag]. The van der Waals surface area contributed by atoms with Crippen LogP contribution in [0, 0.1) is 46.5 Å². The molecule has 7 aromatic rings. The summed E-state index contributed by atoms with van der Waals surface area (Å²) < 4.78 is 119. The monoisotopic (exact) mass is 763 g/mol. The van der Waals surface area contributed by atoms with Crippen LogP contribution in [0.15, 0.2) is 48.5 Å². The Balaban J connectivity index is 0.00000348. The second-order valence-electron chi connectivity index (χ2n) is 10.7. The number of hydrogen-bond donors (Lipinski definition) is 0. The van der Waals surface area contributed by atoms with Crippen molar-refractivity contribution >= 4 is 44.1 Å². The number of aromatic nitrogens is 8. The molecule has 8 nitrogen and oxygen atoms in total. The van der Waals surface area contributed by atoms with Crippen LogP contribution in [0.2, 0.25) is 0 Å². The molecule has 0 fully saturated rings. The maximum Gasteiger partial charge on any atom is 0.159 e. The Bertz CT molecular complexity index is 2430. The van der Waals surface area contributed by atoms with Crippen molar-refractivity contribution in [3.05, 3.63) is 95.1 Å². The van der Waals surface area contributed by atoms with Crippen LogP contribution in [0.25, 0.3) is 89.7 Å². The van der Waals surface area contributed by atoms with Gasteiger partial charge in [-0.05, 0) is 70.1 Å². The van der Waals surface area contributed by atoms with E-state index in [0.717, 1.165) is 48.5 Å². The molecule has 0 aliphatic carbocycles. The molecule has 245 valence electrons. The van der Waals surface area contributed by atoms with Gasteiger partial charge >= 0.3 is 0 Å². The number of nitrogens with zero attached hydrogens (tertiary/aromatic N) is 8. The summed E-state index contributed by atoms with van der Waals surface area (Å²) in [5.74, 6) is -11.2. The topological polar surface area (TPSA) is 106 Å². The largest absolute Gasteiger partial charge is 0.357 e. The van der Waals surface area contributed by atoms with Crippen LogP contribution in [0.5, 0.6) is 0 Å². The maximum absolute atomic E-state index is 15.3. The van der Waals surface area contributed by atoms with Crippen LogP contribution in [-0.2, 0) is 22.4 Å². The summed E-state index contributed by atoms with van der Waals surface area (Å²) in [5.41, 5.74) is -3.42. The minimum Gasteiger partial charge on any atom is -0.357 e. The van der Waals surface area contributed by atoms with Gasteiger partial charge in [0.2, 0.25) is 0 Å². The van der Waals surface area contributed by atoms with E-state index in [9.17, 15) is 17.6 Å². The molecule has 17 heteroatoms. The third-order valence-electron chi connectivity index (χ3n) is 7.88. The first-order valence-corrected chi connectivity index (χ1v) is 13.7. The zero-order valence-electron chi connectivity index (χ0n) is 23.5. The van der Waals surface area contributed by atoms with E-state index in [-0.39, 0.29) is 66.5 Å². The van der Waals surface area contributed by atoms with Gasteiger partial charge in [0.25, 0.3) is 0 Å². The summed E-state index contributed by atoms with van der Waals surface area (Å²) >= 11 is 0. The Hall–Kier alpha value is -5.58. The fourth-order valence-electron chi connectivity index (χ4n) is 5.74. The molecule has 4 aromatic carbocycles. The zero-order chi connectivity index (χ0) is 33.2. The summed E-state index contributed by atoms with van der Waals surface area (Å²) in [7, 11) is 0. The van der Waals surface area contributed by atoms with E-state index in [1.54, 1.807) is 0 Å². The molecule has 8 bridgehead atoms. The summed E-state index contributed by atoms with van der Waals surface area (Å²) in [4.78, 5) is 33.8. The molecule has 0 atom stereocenters. The van der Waals surface area contributed by atoms with E-state index in [0.29, 0.717) is 0 Å². The quantitative estimate of drug-likeness (QED) is 0.118. The fourth-order valence-corrected chi connectivity index (χ4v) is 5.74. The van der Waals surface area contributed by atoms with Crippen molar-refractivity contribution in [1.29, 1.82) is 0 Å². The van der Waals surface area contributed by atoms with Crippen LogP contribution in [-0.4, -0.2) is 29.9 Å². The Morgan fingerprint density at radius 3 is 0.776 bits per heavy atom. The first kappa shape index (κ1) is 30.7. The average molecular weight is 764 g/mol. The van der Waals surface area contributed by atoms with Crippen molar-refractivity contribution in [1.82, 2.24) is 39.9 Å². The van der Waals surface area contributed by atoms with Gasteiger partial charge in [-0.2, -0.15) is 0 Å². The second kappa shape index (κ2) is 10.7. The third-order valence-corrected chi connectivity index (χ3v) is 7.88. The minimum atomic E-state index is -1.31. The third kappa shape index (κ3) is 4.48. The van der Waals surface area contributed by atoms with Gasteiger partial charge in [-0.1, -0.05) is 0 Å². The van der Waals surface area contributed by atoms with E-state index in [4.69, 9.17) is 0 Å². The molecule has 0 amide bonds. The van der Waals surface area contributed by atoms with Crippen molar-refractivity contribution in [3.8, 4) is 45.6 Å². The van der Waals surface area contributed by atoms with Crippen molar-refractivity contribution in [3.63, 3.8) is 0 Å². The maximum atomic E-state index is 15.3. The molecule has 49 heavy (non-hydrogen) atoms. The van der Waals surface area contributed by atoms with Crippen molar-refractivity contribution in [2.45, 2.75) is 0 Å². The number of fused-ring (bicyclic) bond motifs is 20. The van der Waals surface area contributed by atoms with Gasteiger partial charge in [-0.3, -0.25) is 0 Å². The normalized spacial score (nSPS) is 11.9. The van der Waals surface area contributed by atoms with Gasteiger partial charge in [-0.25, -0.2) is 45.1 Å². The number of halogens is 8. The number of rotatable bonds is 0.